The number of hydrogen-bond donors (Lipinski definition) is 3. The van der Waals surface area contributed by atoms with Crippen LogP contribution in [-0.2, 0) is 9.53 Å². The van der Waals surface area contributed by atoms with E-state index in [4.69, 9.17) is 5.73 Å². The first-order valence-electron chi connectivity index (χ1n) is 5.59. The molecule has 96 valence electrons. The molecule has 1 saturated carbocycles. The van der Waals surface area contributed by atoms with Crippen LogP contribution in [0.2, 0.25) is 0 Å². The Labute approximate surface area is 104 Å². The molecular weight excluding hydrogens is 234 g/mol. The summed E-state index contributed by atoms with van der Waals surface area (Å²) < 4.78 is 4.48. The summed E-state index contributed by atoms with van der Waals surface area (Å²) in [6, 6.07) is 6.78. The Morgan fingerprint density at radius 2 is 1.89 bits per heavy atom. The van der Waals surface area contributed by atoms with Crippen LogP contribution < -0.4 is 16.4 Å². The Morgan fingerprint density at radius 3 is 2.44 bits per heavy atom. The standard InChI is InChI=1S/C12H15N3O3/c1-18-11(17)15-9-4-2-3-8(7-9)14-10(16)12(13)5-6-12/h2-4,7H,5-6,13H2,1H3,(H,14,16)(H,15,17). The molecule has 0 saturated heterocycles. The second kappa shape index (κ2) is 4.66. The van der Waals surface area contributed by atoms with Gasteiger partial charge in [0, 0.05) is 11.4 Å². The van der Waals surface area contributed by atoms with Crippen LogP contribution in [0, 0.1) is 0 Å². The van der Waals surface area contributed by atoms with Gasteiger partial charge in [-0.3, -0.25) is 10.1 Å². The van der Waals surface area contributed by atoms with Gasteiger partial charge in [0.15, 0.2) is 0 Å². The van der Waals surface area contributed by atoms with E-state index in [0.717, 1.165) is 0 Å². The molecule has 2 amide bonds. The van der Waals surface area contributed by atoms with Crippen LogP contribution in [0.25, 0.3) is 0 Å². The Balaban J connectivity index is 2.03. The van der Waals surface area contributed by atoms with E-state index in [-0.39, 0.29) is 5.91 Å². The molecule has 0 heterocycles. The van der Waals surface area contributed by atoms with E-state index in [1.807, 2.05) is 0 Å². The lowest BCUT2D eigenvalue weighted by Crippen LogP contribution is -2.37. The molecule has 0 radical (unpaired) electrons. The molecule has 0 spiro atoms. The van der Waals surface area contributed by atoms with Crippen molar-refractivity contribution in [2.75, 3.05) is 17.7 Å². The number of carbonyl (C=O) groups excluding carboxylic acids is 2. The normalized spacial score (nSPS) is 15.7. The second-order valence-corrected chi connectivity index (χ2v) is 4.31. The Hall–Kier alpha value is -2.08. The van der Waals surface area contributed by atoms with Crippen LogP contribution in [0.4, 0.5) is 16.2 Å². The van der Waals surface area contributed by atoms with Gasteiger partial charge in [-0.1, -0.05) is 6.07 Å². The summed E-state index contributed by atoms with van der Waals surface area (Å²) in [6.07, 6.45) is 0.855. The maximum Gasteiger partial charge on any atom is 0.411 e. The van der Waals surface area contributed by atoms with Gasteiger partial charge in [-0.2, -0.15) is 0 Å². The van der Waals surface area contributed by atoms with Crippen molar-refractivity contribution in [1.29, 1.82) is 0 Å². The zero-order chi connectivity index (χ0) is 13.2. The van der Waals surface area contributed by atoms with Crippen molar-refractivity contribution in [1.82, 2.24) is 0 Å². The number of hydrogen-bond acceptors (Lipinski definition) is 4. The number of carbonyl (C=O) groups is 2. The van der Waals surface area contributed by atoms with Crippen LogP contribution in [0.3, 0.4) is 0 Å². The van der Waals surface area contributed by atoms with Crippen LogP contribution in [-0.4, -0.2) is 24.6 Å². The zero-order valence-electron chi connectivity index (χ0n) is 10.0. The molecule has 4 N–H and O–H groups in total. The highest BCUT2D eigenvalue weighted by Gasteiger charge is 2.45. The maximum absolute atomic E-state index is 11.7. The van der Waals surface area contributed by atoms with E-state index in [0.29, 0.717) is 24.2 Å². The Kier molecular flexibility index (Phi) is 3.20. The minimum atomic E-state index is -0.716. The van der Waals surface area contributed by atoms with Gasteiger partial charge in [0.2, 0.25) is 5.91 Å². The van der Waals surface area contributed by atoms with E-state index in [1.54, 1.807) is 24.3 Å². The fourth-order valence-corrected chi connectivity index (χ4v) is 1.46. The van der Waals surface area contributed by atoms with Crippen molar-refractivity contribution in [2.24, 2.45) is 5.73 Å². The number of nitrogens with one attached hydrogen (secondary N) is 2. The summed E-state index contributed by atoms with van der Waals surface area (Å²) in [5, 5.41) is 5.24. The first-order valence-corrected chi connectivity index (χ1v) is 5.59. The number of rotatable bonds is 3. The van der Waals surface area contributed by atoms with Gasteiger partial charge < -0.3 is 15.8 Å². The summed E-state index contributed by atoms with van der Waals surface area (Å²) in [7, 11) is 1.28. The van der Waals surface area contributed by atoms with Gasteiger partial charge in [-0.15, -0.1) is 0 Å². The van der Waals surface area contributed by atoms with E-state index in [2.05, 4.69) is 15.4 Å². The molecule has 1 fully saturated rings. The predicted octanol–water partition coefficient (Wildman–Crippen LogP) is 1.29. The second-order valence-electron chi connectivity index (χ2n) is 4.31. The highest BCUT2D eigenvalue weighted by molar-refractivity contribution is 6.00. The minimum Gasteiger partial charge on any atom is -0.453 e. The Morgan fingerprint density at radius 1 is 1.28 bits per heavy atom. The lowest BCUT2D eigenvalue weighted by Gasteiger charge is -2.11. The SMILES string of the molecule is COC(=O)Nc1cccc(NC(=O)C2(N)CC2)c1. The van der Waals surface area contributed by atoms with Crippen LogP contribution >= 0.6 is 0 Å². The number of ether oxygens (including phenoxy) is 1. The van der Waals surface area contributed by atoms with E-state index in [1.165, 1.54) is 7.11 Å². The van der Waals surface area contributed by atoms with Crippen LogP contribution in [0.1, 0.15) is 12.8 Å². The quantitative estimate of drug-likeness (QED) is 0.752. The highest BCUT2D eigenvalue weighted by atomic mass is 16.5. The van der Waals surface area contributed by atoms with E-state index >= 15 is 0 Å². The first-order chi connectivity index (χ1) is 8.53. The molecule has 1 aromatic carbocycles. The monoisotopic (exact) mass is 249 g/mol. The topological polar surface area (TPSA) is 93.5 Å². The lowest BCUT2D eigenvalue weighted by molar-refractivity contribution is -0.118. The van der Waals surface area contributed by atoms with Crippen LogP contribution in [0.5, 0.6) is 0 Å². The number of anilines is 2. The van der Waals surface area contributed by atoms with Gasteiger partial charge in [0.05, 0.1) is 12.6 Å². The third-order valence-corrected chi connectivity index (χ3v) is 2.79. The molecule has 0 bridgehead atoms. The highest BCUT2D eigenvalue weighted by Crippen LogP contribution is 2.33. The molecule has 2 rings (SSSR count). The Bertz CT molecular complexity index is 483. The molecule has 0 atom stereocenters. The molecule has 6 nitrogen and oxygen atoms in total. The average molecular weight is 249 g/mol. The third-order valence-electron chi connectivity index (χ3n) is 2.79. The van der Waals surface area contributed by atoms with Crippen molar-refractivity contribution in [3.63, 3.8) is 0 Å². The van der Waals surface area contributed by atoms with Crippen molar-refractivity contribution in [3.8, 4) is 0 Å². The summed E-state index contributed by atoms with van der Waals surface area (Å²) in [5.74, 6) is -0.197. The fourth-order valence-electron chi connectivity index (χ4n) is 1.46. The molecule has 0 aromatic heterocycles. The summed E-state index contributed by atoms with van der Waals surface area (Å²) in [6.45, 7) is 0. The molecule has 1 aromatic rings. The molecule has 0 unspecified atom stereocenters. The average Bonchev–Trinajstić information content (AvgIpc) is 3.09. The van der Waals surface area contributed by atoms with Gasteiger partial charge in [0.25, 0.3) is 0 Å². The van der Waals surface area contributed by atoms with E-state index in [9.17, 15) is 9.59 Å². The predicted molar refractivity (Wildman–Crippen MR) is 67.3 cm³/mol. The number of methoxy groups -OCH3 is 1. The van der Waals surface area contributed by atoms with Crippen molar-refractivity contribution in [3.05, 3.63) is 24.3 Å². The van der Waals surface area contributed by atoms with Crippen molar-refractivity contribution >= 4 is 23.4 Å². The molecular formula is C12H15N3O3. The maximum atomic E-state index is 11.7. The van der Waals surface area contributed by atoms with E-state index < -0.39 is 11.6 Å². The molecule has 1 aliphatic rings. The minimum absolute atomic E-state index is 0.197. The largest absolute Gasteiger partial charge is 0.453 e. The van der Waals surface area contributed by atoms with Crippen molar-refractivity contribution < 1.29 is 14.3 Å². The molecule has 0 aliphatic heterocycles. The summed E-state index contributed by atoms with van der Waals surface area (Å²) in [5.41, 5.74) is 6.19. The zero-order valence-corrected chi connectivity index (χ0v) is 10.0. The van der Waals surface area contributed by atoms with Gasteiger partial charge in [-0.25, -0.2) is 4.79 Å². The van der Waals surface area contributed by atoms with Crippen molar-refractivity contribution in [2.45, 2.75) is 18.4 Å². The van der Waals surface area contributed by atoms with Gasteiger partial charge in [-0.05, 0) is 31.0 Å². The fraction of sp³-hybridized carbons (Fsp3) is 0.333. The molecule has 18 heavy (non-hydrogen) atoms. The molecule has 1 aliphatic carbocycles. The van der Waals surface area contributed by atoms with Crippen LogP contribution in [0.15, 0.2) is 24.3 Å². The van der Waals surface area contributed by atoms with Gasteiger partial charge in [0.1, 0.15) is 0 Å². The number of amides is 2. The molecule has 6 heteroatoms. The first kappa shape index (κ1) is 12.4. The lowest BCUT2D eigenvalue weighted by atomic mass is 10.2. The number of benzene rings is 1. The smallest absolute Gasteiger partial charge is 0.411 e. The summed E-state index contributed by atoms with van der Waals surface area (Å²) in [4.78, 5) is 22.8. The number of nitrogens with two attached hydrogens (primary N) is 1. The third kappa shape index (κ3) is 2.78. The summed E-state index contributed by atoms with van der Waals surface area (Å²) >= 11 is 0. The van der Waals surface area contributed by atoms with Gasteiger partial charge >= 0.3 is 6.09 Å².